The molecule has 40 heavy (non-hydrogen) atoms. The van der Waals surface area contributed by atoms with Crippen molar-refractivity contribution in [2.45, 2.75) is 33.1 Å². The smallest absolute Gasteiger partial charge is 0.258 e. The second-order valence-electron chi connectivity index (χ2n) is 10.4. The van der Waals surface area contributed by atoms with E-state index in [9.17, 15) is 4.79 Å². The molecule has 8 heteroatoms. The second kappa shape index (κ2) is 11.9. The van der Waals surface area contributed by atoms with Gasteiger partial charge in [-0.15, -0.1) is 0 Å². The van der Waals surface area contributed by atoms with Gasteiger partial charge in [0.05, 0.1) is 12.8 Å². The summed E-state index contributed by atoms with van der Waals surface area (Å²) in [6.45, 7) is 5.82. The zero-order chi connectivity index (χ0) is 28.2. The number of carbonyl (C=O) groups excluding carboxylic acids is 1. The number of fused-ring (bicyclic) bond motifs is 1. The lowest BCUT2D eigenvalue weighted by Gasteiger charge is -2.25. The van der Waals surface area contributed by atoms with Gasteiger partial charge in [-0.2, -0.15) is 4.98 Å². The summed E-state index contributed by atoms with van der Waals surface area (Å²) in [7, 11) is 5.68. The van der Waals surface area contributed by atoms with Crippen LogP contribution in [0.2, 0.25) is 0 Å². The molecule has 0 saturated heterocycles. The van der Waals surface area contributed by atoms with E-state index in [1.165, 1.54) is 0 Å². The van der Waals surface area contributed by atoms with Gasteiger partial charge in [-0.25, -0.2) is 0 Å². The van der Waals surface area contributed by atoms with Crippen LogP contribution < -0.4 is 14.4 Å². The summed E-state index contributed by atoms with van der Waals surface area (Å²) in [5.41, 5.74) is 6.79. The topological polar surface area (TPSA) is 80.9 Å². The van der Waals surface area contributed by atoms with E-state index in [1.807, 2.05) is 61.5 Å². The summed E-state index contributed by atoms with van der Waals surface area (Å²) >= 11 is 0. The van der Waals surface area contributed by atoms with Gasteiger partial charge < -0.3 is 23.8 Å². The van der Waals surface area contributed by atoms with Crippen LogP contribution in [0.1, 0.15) is 40.2 Å². The summed E-state index contributed by atoms with van der Waals surface area (Å²) in [5, 5.41) is 4.02. The number of aromatic nitrogens is 2. The van der Waals surface area contributed by atoms with Gasteiger partial charge in [0, 0.05) is 37.2 Å². The van der Waals surface area contributed by atoms with Gasteiger partial charge in [0.15, 0.2) is 11.5 Å². The number of nitrogens with zero attached hydrogens (tertiary/aromatic N) is 4. The molecule has 8 nitrogen and oxygen atoms in total. The van der Waals surface area contributed by atoms with Crippen LogP contribution in [0.5, 0.6) is 11.5 Å². The zero-order valence-electron chi connectivity index (χ0n) is 23.9. The van der Waals surface area contributed by atoms with Crippen LogP contribution in [0.15, 0.2) is 59.1 Å². The number of anilines is 1. The van der Waals surface area contributed by atoms with Crippen LogP contribution in [0.3, 0.4) is 0 Å². The van der Waals surface area contributed by atoms with Crippen molar-refractivity contribution in [1.82, 2.24) is 15.0 Å². The van der Waals surface area contributed by atoms with Crippen molar-refractivity contribution in [2.24, 2.45) is 0 Å². The van der Waals surface area contributed by atoms with Crippen molar-refractivity contribution in [3.05, 3.63) is 77.2 Å². The number of rotatable bonds is 8. The van der Waals surface area contributed by atoms with Gasteiger partial charge in [0.1, 0.15) is 6.61 Å². The Kier molecular flexibility index (Phi) is 8.16. The number of likely N-dealkylation sites (N-methyl/N-ethyl adjacent to an activating group) is 1. The zero-order valence-corrected chi connectivity index (χ0v) is 23.9. The lowest BCUT2D eigenvalue weighted by molar-refractivity contribution is 0.0987. The van der Waals surface area contributed by atoms with E-state index < -0.39 is 0 Å². The molecule has 0 saturated carbocycles. The molecule has 1 amide bonds. The maximum absolute atomic E-state index is 13.8. The van der Waals surface area contributed by atoms with E-state index >= 15 is 0 Å². The lowest BCUT2D eigenvalue weighted by Crippen LogP contribution is -2.31. The van der Waals surface area contributed by atoms with Crippen molar-refractivity contribution < 1.29 is 18.8 Å². The van der Waals surface area contributed by atoms with Gasteiger partial charge in [-0.3, -0.25) is 4.79 Å². The Morgan fingerprint density at radius 2 is 1.77 bits per heavy atom. The summed E-state index contributed by atoms with van der Waals surface area (Å²) in [6.07, 6.45) is 2.84. The highest BCUT2D eigenvalue weighted by molar-refractivity contribution is 6.07. The molecule has 1 aromatic heterocycles. The van der Waals surface area contributed by atoms with Crippen LogP contribution in [0.25, 0.3) is 22.5 Å². The Labute approximate surface area is 235 Å². The van der Waals surface area contributed by atoms with E-state index in [4.69, 9.17) is 14.0 Å². The number of ether oxygens (including phenoxy) is 2. The predicted molar refractivity (Wildman–Crippen MR) is 156 cm³/mol. The normalized spacial score (nSPS) is 13.2. The molecule has 2 heterocycles. The molecule has 1 aliphatic rings. The second-order valence-corrected chi connectivity index (χ2v) is 10.4. The highest BCUT2D eigenvalue weighted by Gasteiger charge is 2.25. The minimum Gasteiger partial charge on any atom is -0.493 e. The highest BCUT2D eigenvalue weighted by Crippen LogP contribution is 2.38. The third-order valence-electron chi connectivity index (χ3n) is 7.23. The van der Waals surface area contributed by atoms with E-state index in [1.54, 1.807) is 14.0 Å². The molecule has 0 spiro atoms. The molecule has 0 unspecified atom stereocenters. The predicted octanol–water partition coefficient (Wildman–Crippen LogP) is 5.95. The van der Waals surface area contributed by atoms with Crippen molar-refractivity contribution in [1.29, 1.82) is 0 Å². The quantitative estimate of drug-likeness (QED) is 0.273. The molecule has 0 atom stereocenters. The standard InChI is InChI=1S/C32H36N4O4/c1-21-18-26(31-33-22(2)40-34-31)13-14-27(21)23-9-11-24(12-10-23)32(37)36-15-7-6-8-25-19-29(38-5)30(20-28(25)36)39-17-16-35(3)4/h9-14,18-20H,6-8,15-17H2,1-5H3. The first kappa shape index (κ1) is 27.4. The van der Waals surface area contributed by atoms with Crippen LogP contribution in [0.4, 0.5) is 5.69 Å². The molecule has 0 radical (unpaired) electrons. The summed E-state index contributed by atoms with van der Waals surface area (Å²) in [4.78, 5) is 22.1. The first-order chi connectivity index (χ1) is 19.3. The Bertz CT molecular complexity index is 1490. The molecule has 0 aliphatic carbocycles. The average Bonchev–Trinajstić information content (AvgIpc) is 3.28. The molecule has 1 aliphatic heterocycles. The maximum atomic E-state index is 13.8. The minimum absolute atomic E-state index is 0.0151. The van der Waals surface area contributed by atoms with E-state index in [2.05, 4.69) is 34.1 Å². The van der Waals surface area contributed by atoms with Gasteiger partial charge >= 0.3 is 0 Å². The van der Waals surface area contributed by atoms with Gasteiger partial charge in [-0.1, -0.05) is 29.4 Å². The minimum atomic E-state index is -0.0151. The lowest BCUT2D eigenvalue weighted by atomic mass is 9.97. The average molecular weight is 541 g/mol. The number of methoxy groups -OCH3 is 1. The molecule has 208 valence electrons. The van der Waals surface area contributed by atoms with Crippen molar-refractivity contribution >= 4 is 11.6 Å². The van der Waals surface area contributed by atoms with Gasteiger partial charge in [-0.05, 0) is 86.8 Å². The fourth-order valence-electron chi connectivity index (χ4n) is 5.06. The molecular weight excluding hydrogens is 504 g/mol. The number of hydrogen-bond acceptors (Lipinski definition) is 7. The summed E-state index contributed by atoms with van der Waals surface area (Å²) in [5.74, 6) is 2.46. The molecule has 0 bridgehead atoms. The van der Waals surface area contributed by atoms with E-state index in [0.717, 1.165) is 59.3 Å². The number of hydrogen-bond donors (Lipinski definition) is 0. The largest absolute Gasteiger partial charge is 0.493 e. The summed E-state index contributed by atoms with van der Waals surface area (Å²) < 4.78 is 16.8. The highest BCUT2D eigenvalue weighted by atomic mass is 16.5. The van der Waals surface area contributed by atoms with Crippen molar-refractivity contribution in [3.8, 4) is 34.0 Å². The number of aryl methyl sites for hydroxylation is 3. The Balaban J connectivity index is 1.39. The third-order valence-corrected chi connectivity index (χ3v) is 7.23. The number of amides is 1. The monoisotopic (exact) mass is 540 g/mol. The Hall–Kier alpha value is -4.17. The molecular formula is C32H36N4O4. The molecule has 0 fully saturated rings. The molecule has 3 aromatic carbocycles. The Morgan fingerprint density at radius 1 is 1.00 bits per heavy atom. The number of carbonyl (C=O) groups is 1. The fourth-order valence-corrected chi connectivity index (χ4v) is 5.06. The summed E-state index contributed by atoms with van der Waals surface area (Å²) in [6, 6.07) is 17.9. The first-order valence-electron chi connectivity index (χ1n) is 13.7. The van der Waals surface area contributed by atoms with Crippen LogP contribution in [-0.2, 0) is 6.42 Å². The van der Waals surface area contributed by atoms with Crippen LogP contribution in [-0.4, -0.2) is 61.8 Å². The van der Waals surface area contributed by atoms with Crippen LogP contribution >= 0.6 is 0 Å². The van der Waals surface area contributed by atoms with Crippen LogP contribution in [0, 0.1) is 13.8 Å². The maximum Gasteiger partial charge on any atom is 0.258 e. The first-order valence-corrected chi connectivity index (χ1v) is 13.7. The molecule has 0 N–H and O–H groups in total. The SMILES string of the molecule is COc1cc2c(cc1OCCN(C)C)N(C(=O)c1ccc(-c3ccc(-c4noc(C)n4)cc3C)cc1)CCCC2. The molecule has 5 rings (SSSR count). The Morgan fingerprint density at radius 3 is 2.45 bits per heavy atom. The fraction of sp³-hybridized carbons (Fsp3) is 0.344. The van der Waals surface area contributed by atoms with E-state index in [0.29, 0.717) is 41.9 Å². The van der Waals surface area contributed by atoms with Gasteiger partial charge in [0.2, 0.25) is 11.7 Å². The molecule has 4 aromatic rings. The number of benzene rings is 3. The van der Waals surface area contributed by atoms with E-state index in [-0.39, 0.29) is 5.91 Å². The van der Waals surface area contributed by atoms with Gasteiger partial charge in [0.25, 0.3) is 5.91 Å². The third kappa shape index (κ3) is 5.87. The van der Waals surface area contributed by atoms with Crippen molar-refractivity contribution in [3.63, 3.8) is 0 Å². The van der Waals surface area contributed by atoms with Crippen molar-refractivity contribution in [2.75, 3.05) is 45.8 Å².